The van der Waals surface area contributed by atoms with Crippen LogP contribution in [-0.2, 0) is 0 Å². The minimum absolute atomic E-state index is 0. The Kier molecular flexibility index (Phi) is 4.92. The molecule has 0 amide bonds. The van der Waals surface area contributed by atoms with E-state index in [2.05, 4.69) is 95.6 Å². The highest BCUT2D eigenvalue weighted by Crippen LogP contribution is 2.31. The molecule has 27 heavy (non-hydrogen) atoms. The highest BCUT2D eigenvalue weighted by Gasteiger charge is 2.07. The van der Waals surface area contributed by atoms with Crippen LogP contribution in [0.4, 0.5) is 10.8 Å². The lowest BCUT2D eigenvalue weighted by molar-refractivity contribution is 1.39. The van der Waals surface area contributed by atoms with Gasteiger partial charge >= 0.3 is 0 Å². The second-order valence-electron chi connectivity index (χ2n) is 6.25. The van der Waals surface area contributed by atoms with E-state index in [0.29, 0.717) is 0 Å². The van der Waals surface area contributed by atoms with Gasteiger partial charge < -0.3 is 5.32 Å². The van der Waals surface area contributed by atoms with E-state index in [1.165, 1.54) is 21.5 Å². The summed E-state index contributed by atoms with van der Waals surface area (Å²) in [5.41, 5.74) is 3.23. The average molecular weight is 433 g/mol. The van der Waals surface area contributed by atoms with Crippen molar-refractivity contribution in [2.24, 2.45) is 0 Å². The van der Waals surface area contributed by atoms with Gasteiger partial charge in [-0.3, -0.25) is 0 Å². The van der Waals surface area contributed by atoms with Crippen molar-refractivity contribution < 1.29 is 0 Å². The lowest BCUT2D eigenvalue weighted by atomic mass is 10.1. The van der Waals surface area contributed by atoms with Crippen molar-refractivity contribution in [3.05, 3.63) is 90.3 Å². The molecule has 132 valence electrons. The molecule has 0 aliphatic heterocycles. The van der Waals surface area contributed by atoms with Gasteiger partial charge in [-0.15, -0.1) is 28.3 Å². The molecular weight excluding hydrogens is 416 g/mol. The molecule has 0 radical (unpaired) electrons. The van der Waals surface area contributed by atoms with Crippen molar-refractivity contribution in [1.82, 2.24) is 4.98 Å². The Morgan fingerprint density at radius 1 is 0.704 bits per heavy atom. The predicted octanol–water partition coefficient (Wildman–Crippen LogP) is 7.44. The van der Waals surface area contributed by atoms with E-state index >= 15 is 0 Å². The van der Waals surface area contributed by atoms with Gasteiger partial charge in [0, 0.05) is 22.0 Å². The van der Waals surface area contributed by atoms with Gasteiger partial charge in [0.15, 0.2) is 5.13 Å². The summed E-state index contributed by atoms with van der Waals surface area (Å²) in [6, 6.07) is 29.6. The first-order valence-electron chi connectivity index (χ1n) is 8.56. The molecule has 0 saturated heterocycles. The van der Waals surface area contributed by atoms with Gasteiger partial charge in [0.2, 0.25) is 0 Å². The van der Waals surface area contributed by atoms with Crippen molar-refractivity contribution >= 4 is 60.7 Å². The number of benzene rings is 4. The van der Waals surface area contributed by atoms with Crippen LogP contribution < -0.4 is 5.32 Å². The van der Waals surface area contributed by atoms with E-state index in [0.717, 1.165) is 22.1 Å². The van der Waals surface area contributed by atoms with Gasteiger partial charge in [0.25, 0.3) is 0 Å². The molecule has 0 aliphatic rings. The fourth-order valence-electron chi connectivity index (χ4n) is 3.26. The second kappa shape index (κ2) is 7.51. The van der Waals surface area contributed by atoms with Crippen molar-refractivity contribution in [1.29, 1.82) is 0 Å². The third-order valence-electron chi connectivity index (χ3n) is 4.58. The summed E-state index contributed by atoms with van der Waals surface area (Å²) in [6.45, 7) is 0. The summed E-state index contributed by atoms with van der Waals surface area (Å²) < 4.78 is 0. The summed E-state index contributed by atoms with van der Waals surface area (Å²) in [4.78, 5) is 4.80. The highest BCUT2D eigenvalue weighted by molar-refractivity contribution is 8.93. The first-order valence-corrected chi connectivity index (χ1v) is 9.44. The fraction of sp³-hybridized carbons (Fsp3) is 0. The van der Waals surface area contributed by atoms with E-state index in [-0.39, 0.29) is 17.0 Å². The van der Waals surface area contributed by atoms with Crippen molar-refractivity contribution in [2.75, 3.05) is 5.32 Å². The molecule has 2 nitrogen and oxygen atoms in total. The van der Waals surface area contributed by atoms with Crippen LogP contribution in [0.15, 0.2) is 90.3 Å². The number of thiazole rings is 1. The Hall–Kier alpha value is -2.69. The maximum atomic E-state index is 4.80. The van der Waals surface area contributed by atoms with Crippen LogP contribution in [0.2, 0.25) is 0 Å². The number of halogens is 1. The maximum Gasteiger partial charge on any atom is 0.187 e. The summed E-state index contributed by atoms with van der Waals surface area (Å²) in [7, 11) is 0. The van der Waals surface area contributed by atoms with Gasteiger partial charge in [-0.1, -0.05) is 72.8 Å². The minimum Gasteiger partial charge on any atom is -0.331 e. The van der Waals surface area contributed by atoms with Crippen molar-refractivity contribution in [3.63, 3.8) is 0 Å². The van der Waals surface area contributed by atoms with Crippen molar-refractivity contribution in [2.45, 2.75) is 0 Å². The highest BCUT2D eigenvalue weighted by atomic mass is 79.9. The predicted molar refractivity (Wildman–Crippen MR) is 123 cm³/mol. The third kappa shape index (κ3) is 3.46. The molecule has 5 rings (SSSR count). The van der Waals surface area contributed by atoms with Gasteiger partial charge in [-0.05, 0) is 28.3 Å². The molecular formula is C23H17BrN2S. The molecule has 4 heteroatoms. The van der Waals surface area contributed by atoms with Crippen LogP contribution in [0.5, 0.6) is 0 Å². The lowest BCUT2D eigenvalue weighted by Gasteiger charge is -2.07. The molecule has 0 atom stereocenters. The largest absolute Gasteiger partial charge is 0.331 e. The molecule has 0 saturated carbocycles. The van der Waals surface area contributed by atoms with Crippen LogP contribution in [0, 0.1) is 0 Å². The summed E-state index contributed by atoms with van der Waals surface area (Å²) in [5.74, 6) is 0. The van der Waals surface area contributed by atoms with Crippen LogP contribution >= 0.6 is 28.3 Å². The molecule has 0 fully saturated rings. The molecule has 1 heterocycles. The number of rotatable bonds is 3. The smallest absolute Gasteiger partial charge is 0.187 e. The summed E-state index contributed by atoms with van der Waals surface area (Å²) in [6.07, 6.45) is 0. The quantitative estimate of drug-likeness (QED) is 0.320. The first-order chi connectivity index (χ1) is 12.9. The van der Waals surface area contributed by atoms with E-state index in [1.54, 1.807) is 11.3 Å². The normalized spacial score (nSPS) is 10.7. The average Bonchev–Trinajstić information content (AvgIpc) is 3.16. The van der Waals surface area contributed by atoms with E-state index in [9.17, 15) is 0 Å². The Labute approximate surface area is 172 Å². The topological polar surface area (TPSA) is 24.9 Å². The summed E-state index contributed by atoms with van der Waals surface area (Å²) in [5, 5.41) is 11.4. The number of hydrogen-bond acceptors (Lipinski definition) is 3. The fourth-order valence-corrected chi connectivity index (χ4v) is 3.99. The molecule has 0 spiro atoms. The zero-order valence-corrected chi connectivity index (χ0v) is 17.0. The van der Waals surface area contributed by atoms with Crippen LogP contribution in [0.25, 0.3) is 32.8 Å². The summed E-state index contributed by atoms with van der Waals surface area (Å²) >= 11 is 1.63. The molecule has 4 aromatic carbocycles. The SMILES string of the molecule is Br.c1ccc2cc(-c3csc(Nc4cccc5ccccc45)n3)ccc2c1. The number of hydrogen-bond donors (Lipinski definition) is 1. The second-order valence-corrected chi connectivity index (χ2v) is 7.11. The monoisotopic (exact) mass is 432 g/mol. The molecule has 1 N–H and O–H groups in total. The molecule has 0 unspecified atom stereocenters. The van der Waals surface area contributed by atoms with Crippen LogP contribution in [0.3, 0.4) is 0 Å². The number of nitrogens with one attached hydrogen (secondary N) is 1. The Morgan fingerprint density at radius 2 is 1.44 bits per heavy atom. The number of fused-ring (bicyclic) bond motifs is 2. The van der Waals surface area contributed by atoms with Crippen LogP contribution in [-0.4, -0.2) is 4.98 Å². The minimum atomic E-state index is 0. The Balaban J connectivity index is 0.00000180. The number of nitrogens with zero attached hydrogens (tertiary/aromatic N) is 1. The van der Waals surface area contributed by atoms with Crippen LogP contribution in [0.1, 0.15) is 0 Å². The lowest BCUT2D eigenvalue weighted by Crippen LogP contribution is -1.91. The zero-order valence-electron chi connectivity index (χ0n) is 14.4. The third-order valence-corrected chi connectivity index (χ3v) is 5.34. The van der Waals surface area contributed by atoms with E-state index in [4.69, 9.17) is 4.98 Å². The van der Waals surface area contributed by atoms with E-state index in [1.807, 2.05) is 0 Å². The van der Waals surface area contributed by atoms with Gasteiger partial charge in [0.05, 0.1) is 5.69 Å². The van der Waals surface area contributed by atoms with E-state index < -0.39 is 0 Å². The van der Waals surface area contributed by atoms with Gasteiger partial charge in [0.1, 0.15) is 0 Å². The number of aromatic nitrogens is 1. The Bertz CT molecular complexity index is 1220. The standard InChI is InChI=1S/C23H16N2S.BrH/c1-2-8-18-14-19(13-12-16(18)6-1)22-15-26-23(25-22)24-21-11-5-9-17-7-3-4-10-20(17)21;/h1-15H,(H,24,25);1H. The van der Waals surface area contributed by atoms with Gasteiger partial charge in [-0.2, -0.15) is 0 Å². The van der Waals surface area contributed by atoms with Crippen molar-refractivity contribution in [3.8, 4) is 11.3 Å². The first kappa shape index (κ1) is 17.7. The number of anilines is 2. The molecule has 5 aromatic rings. The Morgan fingerprint density at radius 3 is 2.33 bits per heavy atom. The molecule has 0 bridgehead atoms. The maximum absolute atomic E-state index is 4.80. The molecule has 1 aromatic heterocycles. The molecule has 0 aliphatic carbocycles. The van der Waals surface area contributed by atoms with Gasteiger partial charge in [-0.25, -0.2) is 4.98 Å². The zero-order chi connectivity index (χ0) is 17.3.